The first-order valence-electron chi connectivity index (χ1n) is 9.73. The van der Waals surface area contributed by atoms with Gasteiger partial charge in [0.05, 0.1) is 31.7 Å². The second kappa shape index (κ2) is 10.7. The molecule has 1 aromatic rings. The van der Waals surface area contributed by atoms with Gasteiger partial charge in [-0.05, 0) is 5.56 Å². The Morgan fingerprint density at radius 3 is 2.34 bits per heavy atom. The Bertz CT molecular complexity index is 887. The number of aliphatic hydroxyl groups is 1. The van der Waals surface area contributed by atoms with Crippen molar-refractivity contribution in [2.24, 2.45) is 0 Å². The normalized spacial score (nSPS) is 19.6. The lowest BCUT2D eigenvalue weighted by Gasteiger charge is -2.29. The molecule has 0 radical (unpaired) electrons. The minimum atomic E-state index is -1.36. The lowest BCUT2D eigenvalue weighted by atomic mass is 9.88. The van der Waals surface area contributed by atoms with E-state index in [-0.39, 0.29) is 25.1 Å². The second-order valence-electron chi connectivity index (χ2n) is 7.32. The number of methoxy groups -OCH3 is 2. The van der Waals surface area contributed by atoms with Gasteiger partial charge in [-0.3, -0.25) is 24.5 Å². The van der Waals surface area contributed by atoms with E-state index in [0.717, 1.165) is 14.2 Å². The first-order valence-corrected chi connectivity index (χ1v) is 9.73. The summed E-state index contributed by atoms with van der Waals surface area (Å²) in [7, 11) is 2.26. The molecule has 2 rings (SSSR count). The topological polar surface area (TPSA) is 165 Å². The van der Waals surface area contributed by atoms with E-state index >= 15 is 0 Å². The zero-order valence-electron chi connectivity index (χ0n) is 17.8. The first-order chi connectivity index (χ1) is 15.1. The Labute approximate surface area is 183 Å². The molecular weight excluding hydrogens is 426 g/mol. The summed E-state index contributed by atoms with van der Waals surface area (Å²) in [4.78, 5) is 60.9. The van der Waals surface area contributed by atoms with Gasteiger partial charge >= 0.3 is 11.9 Å². The van der Waals surface area contributed by atoms with Gasteiger partial charge in [0.1, 0.15) is 12.1 Å². The zero-order chi connectivity index (χ0) is 24.0. The second-order valence-corrected chi connectivity index (χ2v) is 7.32. The summed E-state index contributed by atoms with van der Waals surface area (Å²) >= 11 is 0. The summed E-state index contributed by atoms with van der Waals surface area (Å²) in [6.07, 6.45) is -1.25. The highest BCUT2D eigenvalue weighted by molar-refractivity contribution is 5.91. The Morgan fingerprint density at radius 1 is 1.22 bits per heavy atom. The predicted octanol–water partition coefficient (Wildman–Crippen LogP) is -0.119. The summed E-state index contributed by atoms with van der Waals surface area (Å²) in [5.41, 5.74) is 0.160. The molecule has 1 aromatic carbocycles. The number of carbonyl (C=O) groups is 4. The minimum absolute atomic E-state index is 0.0154. The fourth-order valence-corrected chi connectivity index (χ4v) is 3.64. The number of nitro benzene ring substituents is 1. The van der Waals surface area contributed by atoms with E-state index < -0.39 is 52.8 Å². The van der Waals surface area contributed by atoms with Crippen LogP contribution < -0.4 is 5.32 Å². The van der Waals surface area contributed by atoms with Crippen LogP contribution in [0.1, 0.15) is 31.2 Å². The summed E-state index contributed by atoms with van der Waals surface area (Å²) in [6.45, 7) is 1.23. The maximum Gasteiger partial charge on any atom is 0.329 e. The monoisotopic (exact) mass is 451 g/mol. The van der Waals surface area contributed by atoms with Crippen molar-refractivity contribution in [3.63, 3.8) is 0 Å². The van der Waals surface area contributed by atoms with E-state index in [1.54, 1.807) is 0 Å². The van der Waals surface area contributed by atoms with Crippen LogP contribution in [-0.2, 0) is 28.7 Å². The Balaban J connectivity index is 2.39. The van der Waals surface area contributed by atoms with Crippen LogP contribution in [0.25, 0.3) is 0 Å². The number of benzene rings is 1. The molecule has 1 heterocycles. The van der Waals surface area contributed by atoms with Gasteiger partial charge in [0, 0.05) is 37.9 Å². The van der Waals surface area contributed by atoms with Crippen molar-refractivity contribution >= 4 is 29.4 Å². The van der Waals surface area contributed by atoms with Gasteiger partial charge in [-0.25, -0.2) is 4.79 Å². The smallest absolute Gasteiger partial charge is 0.329 e. The fraction of sp³-hybridized carbons (Fsp3) is 0.500. The summed E-state index contributed by atoms with van der Waals surface area (Å²) in [5, 5.41) is 23.4. The summed E-state index contributed by atoms with van der Waals surface area (Å²) < 4.78 is 9.50. The number of nitrogens with one attached hydrogen (secondary N) is 1. The summed E-state index contributed by atoms with van der Waals surface area (Å²) in [5.74, 6) is -3.64. The Morgan fingerprint density at radius 2 is 1.84 bits per heavy atom. The Kier molecular flexibility index (Phi) is 8.24. The van der Waals surface area contributed by atoms with Crippen molar-refractivity contribution in [2.45, 2.75) is 43.9 Å². The first kappa shape index (κ1) is 24.7. The number of β-amino-alcohol motifs (C(OH)–C–C–N with tert-alkyl or cyclic N) is 1. The van der Waals surface area contributed by atoms with E-state index in [1.165, 1.54) is 36.1 Å². The lowest BCUT2D eigenvalue weighted by molar-refractivity contribution is -0.384. The van der Waals surface area contributed by atoms with Crippen molar-refractivity contribution in [1.29, 1.82) is 0 Å². The van der Waals surface area contributed by atoms with Crippen LogP contribution in [0.5, 0.6) is 0 Å². The lowest BCUT2D eigenvalue weighted by Crippen LogP contribution is -2.53. The molecular formula is C20H25N3O9. The molecule has 4 atom stereocenters. The molecule has 1 fully saturated rings. The van der Waals surface area contributed by atoms with Gasteiger partial charge in [-0.1, -0.05) is 12.1 Å². The number of carbonyl (C=O) groups excluding carboxylic acids is 4. The van der Waals surface area contributed by atoms with Crippen molar-refractivity contribution in [3.8, 4) is 0 Å². The zero-order valence-corrected chi connectivity index (χ0v) is 17.8. The average Bonchev–Trinajstić information content (AvgIpc) is 3.17. The highest BCUT2D eigenvalue weighted by Gasteiger charge is 2.41. The molecule has 12 nitrogen and oxygen atoms in total. The number of likely N-dealkylation sites (tertiary alicyclic amines) is 1. The molecule has 32 heavy (non-hydrogen) atoms. The van der Waals surface area contributed by atoms with Crippen LogP contribution in [0.2, 0.25) is 0 Å². The number of nitrogens with zero attached hydrogens (tertiary/aromatic N) is 2. The van der Waals surface area contributed by atoms with Crippen LogP contribution in [0, 0.1) is 10.1 Å². The van der Waals surface area contributed by atoms with Crippen LogP contribution in [0.15, 0.2) is 24.3 Å². The number of aliphatic hydroxyl groups excluding tert-OH is 1. The van der Waals surface area contributed by atoms with Gasteiger partial charge < -0.3 is 24.8 Å². The molecule has 1 aliphatic rings. The number of hydrogen-bond acceptors (Lipinski definition) is 9. The number of hydrogen-bond donors (Lipinski definition) is 2. The van der Waals surface area contributed by atoms with E-state index in [2.05, 4.69) is 5.32 Å². The third-order valence-corrected chi connectivity index (χ3v) is 5.29. The van der Waals surface area contributed by atoms with Crippen molar-refractivity contribution in [1.82, 2.24) is 10.2 Å². The summed E-state index contributed by atoms with van der Waals surface area (Å²) in [6, 6.07) is 2.79. The molecule has 1 saturated heterocycles. The van der Waals surface area contributed by atoms with Crippen LogP contribution in [0.3, 0.4) is 0 Å². The maximum absolute atomic E-state index is 12.9. The molecule has 0 unspecified atom stereocenters. The van der Waals surface area contributed by atoms with Crippen LogP contribution in [-0.4, -0.2) is 77.6 Å². The van der Waals surface area contributed by atoms with E-state index in [4.69, 9.17) is 9.47 Å². The van der Waals surface area contributed by atoms with Crippen molar-refractivity contribution < 1.29 is 38.7 Å². The molecule has 0 saturated carbocycles. The van der Waals surface area contributed by atoms with Crippen molar-refractivity contribution in [3.05, 3.63) is 39.9 Å². The van der Waals surface area contributed by atoms with Gasteiger partial charge in [0.25, 0.3) is 5.69 Å². The Hall–Kier alpha value is -3.54. The molecule has 12 heteroatoms. The maximum atomic E-state index is 12.9. The van der Waals surface area contributed by atoms with Gasteiger partial charge in [0.2, 0.25) is 11.8 Å². The molecule has 0 bridgehead atoms. The quantitative estimate of drug-likeness (QED) is 0.311. The molecule has 0 aromatic heterocycles. The minimum Gasteiger partial charge on any atom is -0.469 e. The highest BCUT2D eigenvalue weighted by Crippen LogP contribution is 2.28. The SMILES string of the molecule is COC(=O)C[C@H](c1ccc([N+](=O)[O-])cc1)[C@H](NC(=O)[C@@H]1C[C@@H](O)CN1C(C)=O)C(=O)OC. The number of rotatable bonds is 8. The number of esters is 2. The third-order valence-electron chi connectivity index (χ3n) is 5.29. The number of non-ortho nitro benzene ring substituents is 1. The average molecular weight is 451 g/mol. The molecule has 0 spiro atoms. The van der Waals surface area contributed by atoms with Crippen LogP contribution >= 0.6 is 0 Å². The van der Waals surface area contributed by atoms with Crippen molar-refractivity contribution in [2.75, 3.05) is 20.8 Å². The standard InChI is InChI=1S/C20H25N3O9/c1-11(24)22-10-14(25)8-16(22)19(27)21-18(20(28)32-3)15(9-17(26)31-2)12-4-6-13(7-5-12)23(29)30/h4-7,14-16,18,25H,8-10H2,1-3H3,(H,21,27)/t14-,15-,16+,18+/m1/s1. The number of nitro groups is 1. The molecule has 174 valence electrons. The van der Waals surface area contributed by atoms with Gasteiger partial charge in [0.15, 0.2) is 0 Å². The molecule has 0 aliphatic carbocycles. The van der Waals surface area contributed by atoms with Gasteiger partial charge in [-0.2, -0.15) is 0 Å². The highest BCUT2D eigenvalue weighted by atomic mass is 16.6. The van der Waals surface area contributed by atoms with Gasteiger partial charge in [-0.15, -0.1) is 0 Å². The number of ether oxygens (including phenoxy) is 2. The molecule has 2 amide bonds. The number of amides is 2. The molecule has 1 aliphatic heterocycles. The van der Waals surface area contributed by atoms with Crippen LogP contribution in [0.4, 0.5) is 5.69 Å². The largest absolute Gasteiger partial charge is 0.469 e. The fourth-order valence-electron chi connectivity index (χ4n) is 3.64. The predicted molar refractivity (Wildman–Crippen MR) is 108 cm³/mol. The van der Waals surface area contributed by atoms with E-state index in [1.807, 2.05) is 0 Å². The molecule has 2 N–H and O–H groups in total. The third kappa shape index (κ3) is 5.78. The van der Waals surface area contributed by atoms with E-state index in [9.17, 15) is 34.4 Å². The van der Waals surface area contributed by atoms with E-state index in [0.29, 0.717) is 5.56 Å².